The summed E-state index contributed by atoms with van der Waals surface area (Å²) in [6, 6.07) is 26.1. The van der Waals surface area contributed by atoms with Crippen LogP contribution in [-0.4, -0.2) is 98.5 Å². The molecule has 0 heterocycles. The number of nitrogens with zero attached hydrogens (tertiary/aromatic N) is 2. The first-order chi connectivity index (χ1) is 35.3. The summed E-state index contributed by atoms with van der Waals surface area (Å²) >= 11 is 37.9. The monoisotopic (exact) mass is 1270 g/mol. The summed E-state index contributed by atoms with van der Waals surface area (Å²) in [7, 11) is 0. The SMILES string of the molecule is CCCC[N+](CCCC)(CCCC)CCCC.CCCC[N+](CCCC)(CCCC)CCCC.Oc1ccc(C(=S)[S-])cc1.Oc1ccc(C(=S)[S-])cc1.Oc1ccc(C(=S)[S-])cc1.Oc1ccc(C(=S)[S-])cc1.[Cd+2]. The minimum absolute atomic E-state index is 0. The van der Waals surface area contributed by atoms with Crippen LogP contribution in [-0.2, 0) is 77.8 Å². The summed E-state index contributed by atoms with van der Waals surface area (Å²) in [6.07, 6.45) is 22.1. The molecule has 416 valence electrons. The van der Waals surface area contributed by atoms with Crippen molar-refractivity contribution >= 4 is 116 Å². The number of aromatic hydroxyl groups is 4. The largest absolute Gasteiger partial charge is 2.00 e. The molecule has 0 aliphatic rings. The number of quaternary nitrogens is 2. The molecule has 0 fully saturated rings. The van der Waals surface area contributed by atoms with Crippen LogP contribution >= 0.6 is 48.9 Å². The van der Waals surface area contributed by atoms with Gasteiger partial charge in [-0.2, -0.15) is 0 Å². The standard InChI is InChI=1S/2C16H36N.4C7H6OS2.Cd/c2*1-5-9-13-17(14-10-6-2,15-11-7-3)16-12-8-4;4*8-6-3-1-5(2-4-6)7(9)10;/h2*5-16H2,1-4H3;4*1-4,8H,(H,9,10);/q2*+1;;;;;+2/p-4. The van der Waals surface area contributed by atoms with E-state index in [1.54, 1.807) is 97.1 Å². The minimum atomic E-state index is 0. The predicted molar refractivity (Wildman–Crippen MR) is 347 cm³/mol. The summed E-state index contributed by atoms with van der Waals surface area (Å²) in [4.78, 5) is 0. The normalized spacial score (nSPS) is 10.3. The van der Waals surface area contributed by atoms with Gasteiger partial charge in [-0.25, -0.2) is 0 Å². The van der Waals surface area contributed by atoms with E-state index in [4.69, 9.17) is 120 Å². The van der Waals surface area contributed by atoms with Crippen LogP contribution < -0.4 is 0 Å². The van der Waals surface area contributed by atoms with Crippen molar-refractivity contribution in [3.63, 3.8) is 0 Å². The van der Waals surface area contributed by atoms with E-state index >= 15 is 0 Å². The maximum absolute atomic E-state index is 8.86. The van der Waals surface area contributed by atoms with E-state index in [9.17, 15) is 0 Å². The Kier molecular flexibility index (Phi) is 50.8. The molecule has 0 aliphatic heterocycles. The van der Waals surface area contributed by atoms with E-state index in [1.165, 1.54) is 164 Å². The maximum atomic E-state index is 8.86. The van der Waals surface area contributed by atoms with Crippen LogP contribution in [0.1, 0.15) is 180 Å². The first-order valence-corrected chi connectivity index (χ1v) is 30.3. The second-order valence-corrected chi connectivity index (χ2v) is 22.9. The van der Waals surface area contributed by atoms with Crippen molar-refractivity contribution in [3.8, 4) is 23.0 Å². The summed E-state index contributed by atoms with van der Waals surface area (Å²) in [5, 5.41) is 35.4. The van der Waals surface area contributed by atoms with Crippen molar-refractivity contribution < 1.29 is 56.7 Å². The smallest absolute Gasteiger partial charge is 0.508 e. The van der Waals surface area contributed by atoms with Gasteiger partial charge in [0.15, 0.2) is 0 Å². The summed E-state index contributed by atoms with van der Waals surface area (Å²) in [5.74, 6) is 0.926. The van der Waals surface area contributed by atoms with E-state index in [1.807, 2.05) is 0 Å². The van der Waals surface area contributed by atoms with Crippen molar-refractivity contribution in [2.75, 3.05) is 52.4 Å². The van der Waals surface area contributed by atoms with Gasteiger partial charge in [-0.3, -0.25) is 0 Å². The first-order valence-electron chi connectivity index (χ1n) is 27.0. The minimum Gasteiger partial charge on any atom is -0.508 e. The van der Waals surface area contributed by atoms with Crippen molar-refractivity contribution in [3.05, 3.63) is 119 Å². The zero-order valence-electron chi connectivity index (χ0n) is 46.9. The topological polar surface area (TPSA) is 80.9 Å². The van der Waals surface area contributed by atoms with Crippen LogP contribution in [0.25, 0.3) is 0 Å². The summed E-state index contributed by atoms with van der Waals surface area (Å²) in [5.41, 5.74) is 3.23. The molecular weight excluding hydrogens is 1180 g/mol. The summed E-state index contributed by atoms with van der Waals surface area (Å²) in [6.45, 7) is 30.0. The van der Waals surface area contributed by atoms with Gasteiger partial charge >= 0.3 is 27.3 Å². The second-order valence-electron chi connectivity index (χ2n) is 18.6. The van der Waals surface area contributed by atoms with Crippen LogP contribution in [0.3, 0.4) is 0 Å². The first kappa shape index (κ1) is 77.4. The number of rotatable bonds is 28. The average molecular weight is 1270 g/mol. The van der Waals surface area contributed by atoms with Crippen LogP contribution in [0, 0.1) is 0 Å². The molecule has 4 N–H and O–H groups in total. The van der Waals surface area contributed by atoms with E-state index in [2.05, 4.69) is 55.4 Å². The average Bonchev–Trinajstić information content (AvgIpc) is 3.39. The van der Waals surface area contributed by atoms with E-state index in [0.29, 0.717) is 16.8 Å². The maximum Gasteiger partial charge on any atom is 2.00 e. The molecule has 0 amide bonds. The Balaban J connectivity index is -0.000000840. The molecule has 0 unspecified atom stereocenters. The Labute approximate surface area is 520 Å². The molecule has 0 saturated carbocycles. The molecule has 0 aromatic heterocycles. The van der Waals surface area contributed by atoms with Gasteiger partial charge in [0.2, 0.25) is 0 Å². The van der Waals surface area contributed by atoms with Gasteiger partial charge in [-0.05, 0) is 122 Å². The fraction of sp³-hybridized carbons (Fsp3) is 0.533. The molecule has 4 aromatic carbocycles. The third-order valence-corrected chi connectivity index (χ3v) is 14.2. The molecule has 4 aromatic rings. The predicted octanol–water partition coefficient (Wildman–Crippen LogP) is 16.5. The van der Waals surface area contributed by atoms with Crippen molar-refractivity contribution in [1.82, 2.24) is 0 Å². The van der Waals surface area contributed by atoms with Gasteiger partial charge in [0.1, 0.15) is 23.0 Å². The number of benzene rings is 4. The molecule has 0 aliphatic carbocycles. The van der Waals surface area contributed by atoms with Crippen molar-refractivity contribution in [2.45, 2.75) is 158 Å². The van der Waals surface area contributed by atoms with Gasteiger partial charge in [-0.1, -0.05) is 155 Å². The molecule has 0 atom stereocenters. The van der Waals surface area contributed by atoms with Gasteiger partial charge in [0.05, 0.1) is 52.4 Å². The number of unbranched alkanes of at least 4 members (excludes halogenated alkanes) is 8. The van der Waals surface area contributed by atoms with Crippen molar-refractivity contribution in [1.29, 1.82) is 0 Å². The quantitative estimate of drug-likeness (QED) is 0.0189. The molecule has 0 spiro atoms. The third kappa shape index (κ3) is 40.1. The summed E-state index contributed by atoms with van der Waals surface area (Å²) < 4.78 is 4.56. The number of hydrogen-bond donors (Lipinski definition) is 4. The Morgan fingerprint density at radius 3 is 0.507 bits per heavy atom. The zero-order chi connectivity index (χ0) is 56.2. The fourth-order valence-electron chi connectivity index (χ4n) is 7.68. The zero-order valence-corrected chi connectivity index (χ0v) is 57.4. The number of phenolic OH excluding ortho intramolecular Hbond substituents is 4. The molecule has 6 nitrogen and oxygen atoms in total. The van der Waals surface area contributed by atoms with E-state index in [-0.39, 0.29) is 50.3 Å². The molecular formula is C60H92CdN2O4S8. The van der Waals surface area contributed by atoms with E-state index < -0.39 is 0 Å². The van der Waals surface area contributed by atoms with Gasteiger partial charge in [0.25, 0.3) is 0 Å². The third-order valence-electron chi connectivity index (χ3n) is 12.3. The molecule has 0 radical (unpaired) electrons. The number of thiocarbonyl (C=S) groups is 4. The molecule has 0 saturated heterocycles. The Morgan fingerprint density at radius 2 is 0.413 bits per heavy atom. The van der Waals surface area contributed by atoms with Crippen LogP contribution in [0.2, 0.25) is 0 Å². The van der Waals surface area contributed by atoms with Crippen LogP contribution in [0.15, 0.2) is 97.1 Å². The molecule has 75 heavy (non-hydrogen) atoms. The number of phenols is 4. The number of hydrogen-bond acceptors (Lipinski definition) is 12. The Bertz CT molecular complexity index is 1710. The van der Waals surface area contributed by atoms with Crippen molar-refractivity contribution in [2.24, 2.45) is 0 Å². The van der Waals surface area contributed by atoms with Gasteiger partial charge in [0, 0.05) is 0 Å². The molecule has 4 rings (SSSR count). The van der Waals surface area contributed by atoms with E-state index in [0.717, 1.165) is 22.3 Å². The molecule has 15 heteroatoms. The Hall–Kier alpha value is -1.84. The Morgan fingerprint density at radius 1 is 0.293 bits per heavy atom. The van der Waals surface area contributed by atoms with Crippen LogP contribution in [0.4, 0.5) is 0 Å². The second kappa shape index (κ2) is 49.2. The van der Waals surface area contributed by atoms with Gasteiger partial charge < -0.3 is 129 Å². The van der Waals surface area contributed by atoms with Gasteiger partial charge in [-0.15, -0.1) is 16.8 Å². The fourth-order valence-corrected chi connectivity index (χ4v) is 8.77. The molecule has 0 bridgehead atoms. The van der Waals surface area contributed by atoms with Crippen LogP contribution in [0.5, 0.6) is 23.0 Å².